The first-order valence-electron chi connectivity index (χ1n) is 4.46. The van der Waals surface area contributed by atoms with Gasteiger partial charge < -0.3 is 11.1 Å². The molecule has 0 saturated heterocycles. The molecule has 1 unspecified atom stereocenters. The van der Waals surface area contributed by atoms with E-state index in [1.165, 1.54) is 0 Å². The van der Waals surface area contributed by atoms with E-state index in [4.69, 9.17) is 5.73 Å². The summed E-state index contributed by atoms with van der Waals surface area (Å²) in [5.41, 5.74) is 5.99. The Labute approximate surface area is 82.5 Å². The number of carbonyl (C=O) groups excluding carboxylic acids is 1. The van der Waals surface area contributed by atoms with Crippen LogP contribution in [-0.4, -0.2) is 27.9 Å². The van der Waals surface area contributed by atoms with Crippen LogP contribution in [0.1, 0.15) is 12.6 Å². The van der Waals surface area contributed by atoms with Crippen molar-refractivity contribution in [1.29, 1.82) is 0 Å². The average Bonchev–Trinajstić information content (AvgIpc) is 2.53. The summed E-state index contributed by atoms with van der Waals surface area (Å²) in [6.45, 7) is 2.92. The molecule has 6 heteroatoms. The minimum Gasteiger partial charge on any atom is -0.369 e. The largest absolute Gasteiger partial charge is 0.369 e. The number of nitrogens with zero attached hydrogens (tertiary/aromatic N) is 3. The van der Waals surface area contributed by atoms with E-state index in [2.05, 4.69) is 15.6 Å². The Morgan fingerprint density at radius 3 is 3.07 bits per heavy atom. The minimum absolute atomic E-state index is 0.223. The maximum atomic E-state index is 10.8. The van der Waals surface area contributed by atoms with Gasteiger partial charge in [-0.15, -0.1) is 5.10 Å². The van der Waals surface area contributed by atoms with Gasteiger partial charge in [-0.05, 0) is 7.05 Å². The van der Waals surface area contributed by atoms with Crippen molar-refractivity contribution in [3.63, 3.8) is 0 Å². The van der Waals surface area contributed by atoms with Gasteiger partial charge in [0.15, 0.2) is 0 Å². The summed E-state index contributed by atoms with van der Waals surface area (Å²) in [6, 6.07) is 0. The molecule has 14 heavy (non-hydrogen) atoms. The molecule has 1 rings (SSSR count). The monoisotopic (exact) mass is 197 g/mol. The highest BCUT2D eigenvalue weighted by atomic mass is 16.1. The summed E-state index contributed by atoms with van der Waals surface area (Å²) in [7, 11) is 1.84. The van der Waals surface area contributed by atoms with Crippen molar-refractivity contribution < 1.29 is 4.79 Å². The Hall–Kier alpha value is -1.43. The van der Waals surface area contributed by atoms with Crippen LogP contribution in [-0.2, 0) is 17.9 Å². The van der Waals surface area contributed by atoms with E-state index in [1.807, 2.05) is 7.05 Å². The van der Waals surface area contributed by atoms with E-state index < -0.39 is 0 Å². The van der Waals surface area contributed by atoms with Crippen LogP contribution < -0.4 is 11.1 Å². The molecule has 0 aliphatic rings. The van der Waals surface area contributed by atoms with E-state index in [-0.39, 0.29) is 11.8 Å². The molecular weight excluding hydrogens is 182 g/mol. The van der Waals surface area contributed by atoms with Crippen LogP contribution >= 0.6 is 0 Å². The number of carbonyl (C=O) groups is 1. The van der Waals surface area contributed by atoms with E-state index in [0.717, 1.165) is 5.69 Å². The highest BCUT2D eigenvalue weighted by molar-refractivity contribution is 5.76. The molecule has 1 heterocycles. The quantitative estimate of drug-likeness (QED) is 0.641. The van der Waals surface area contributed by atoms with Gasteiger partial charge in [-0.2, -0.15) is 0 Å². The van der Waals surface area contributed by atoms with E-state index in [1.54, 1.807) is 17.8 Å². The normalized spacial score (nSPS) is 12.7. The third-order valence-corrected chi connectivity index (χ3v) is 1.89. The maximum absolute atomic E-state index is 10.8. The maximum Gasteiger partial charge on any atom is 0.222 e. The molecule has 0 aliphatic carbocycles. The molecule has 0 bridgehead atoms. The Morgan fingerprint density at radius 2 is 2.50 bits per heavy atom. The molecule has 0 radical (unpaired) electrons. The van der Waals surface area contributed by atoms with Gasteiger partial charge in [0.05, 0.1) is 18.2 Å². The van der Waals surface area contributed by atoms with E-state index in [9.17, 15) is 4.79 Å². The van der Waals surface area contributed by atoms with Crippen LogP contribution in [0.3, 0.4) is 0 Å². The Morgan fingerprint density at radius 1 is 1.79 bits per heavy atom. The first-order valence-corrected chi connectivity index (χ1v) is 4.46. The third kappa shape index (κ3) is 2.81. The molecule has 0 saturated carbocycles. The summed E-state index contributed by atoms with van der Waals surface area (Å²) >= 11 is 0. The fourth-order valence-corrected chi connectivity index (χ4v) is 1.06. The lowest BCUT2D eigenvalue weighted by Crippen LogP contribution is -2.24. The first-order chi connectivity index (χ1) is 6.63. The lowest BCUT2D eigenvalue weighted by atomic mass is 10.2. The van der Waals surface area contributed by atoms with E-state index >= 15 is 0 Å². The summed E-state index contributed by atoms with van der Waals surface area (Å²) in [6.07, 6.45) is 1.80. The molecule has 78 valence electrons. The topological polar surface area (TPSA) is 85.8 Å². The number of nitrogens with two attached hydrogens (primary N) is 1. The van der Waals surface area contributed by atoms with Gasteiger partial charge in [-0.3, -0.25) is 9.48 Å². The number of hydrogen-bond acceptors (Lipinski definition) is 4. The number of rotatable bonds is 5. The Kier molecular flexibility index (Phi) is 3.58. The summed E-state index contributed by atoms with van der Waals surface area (Å²) in [4.78, 5) is 10.8. The zero-order valence-corrected chi connectivity index (χ0v) is 8.40. The molecule has 0 fully saturated rings. The minimum atomic E-state index is -0.323. The zero-order valence-electron chi connectivity index (χ0n) is 8.40. The van der Waals surface area contributed by atoms with Crippen molar-refractivity contribution in [2.75, 3.05) is 7.05 Å². The fourth-order valence-electron chi connectivity index (χ4n) is 1.06. The van der Waals surface area contributed by atoms with Gasteiger partial charge in [0.2, 0.25) is 5.91 Å². The Bertz CT molecular complexity index is 308. The van der Waals surface area contributed by atoms with Crippen molar-refractivity contribution in [3.8, 4) is 0 Å². The van der Waals surface area contributed by atoms with Crippen LogP contribution in [0.4, 0.5) is 0 Å². The number of nitrogens with one attached hydrogen (secondary N) is 1. The van der Waals surface area contributed by atoms with Crippen LogP contribution in [0.25, 0.3) is 0 Å². The first kappa shape index (κ1) is 10.6. The Balaban J connectivity index is 2.55. The molecule has 0 spiro atoms. The van der Waals surface area contributed by atoms with Gasteiger partial charge >= 0.3 is 0 Å². The lowest BCUT2D eigenvalue weighted by Gasteiger charge is -2.05. The number of amides is 1. The molecule has 1 aromatic heterocycles. The number of primary amides is 1. The number of hydrogen-bond donors (Lipinski definition) is 2. The second-order valence-corrected chi connectivity index (χ2v) is 3.27. The highest BCUT2D eigenvalue weighted by Gasteiger charge is 2.10. The second kappa shape index (κ2) is 4.71. The number of aromatic nitrogens is 3. The average molecular weight is 197 g/mol. The van der Waals surface area contributed by atoms with Gasteiger partial charge in [0, 0.05) is 12.7 Å². The predicted molar refractivity (Wildman–Crippen MR) is 51.1 cm³/mol. The van der Waals surface area contributed by atoms with Gasteiger partial charge in [0.1, 0.15) is 0 Å². The van der Waals surface area contributed by atoms with E-state index in [0.29, 0.717) is 13.1 Å². The molecule has 6 nitrogen and oxygen atoms in total. The van der Waals surface area contributed by atoms with Gasteiger partial charge in [-0.25, -0.2) is 0 Å². The molecule has 3 N–H and O–H groups in total. The van der Waals surface area contributed by atoms with Crippen molar-refractivity contribution in [2.45, 2.75) is 20.0 Å². The molecule has 0 aliphatic heterocycles. The lowest BCUT2D eigenvalue weighted by molar-refractivity contribution is -0.121. The van der Waals surface area contributed by atoms with Crippen LogP contribution in [0.15, 0.2) is 6.20 Å². The smallest absolute Gasteiger partial charge is 0.222 e. The standard InChI is InChI=1S/C8H15N5O/c1-6(8(9)14)4-13-5-7(3-10-2)11-12-13/h5-6,10H,3-4H2,1-2H3,(H2,9,14). The van der Waals surface area contributed by atoms with Gasteiger partial charge in [-0.1, -0.05) is 12.1 Å². The van der Waals surface area contributed by atoms with Crippen LogP contribution in [0.5, 0.6) is 0 Å². The fraction of sp³-hybridized carbons (Fsp3) is 0.625. The zero-order chi connectivity index (χ0) is 10.6. The van der Waals surface area contributed by atoms with Gasteiger partial charge in [0.25, 0.3) is 0 Å². The van der Waals surface area contributed by atoms with Crippen LogP contribution in [0, 0.1) is 5.92 Å². The van der Waals surface area contributed by atoms with Crippen LogP contribution in [0.2, 0.25) is 0 Å². The van der Waals surface area contributed by atoms with Crippen molar-refractivity contribution in [1.82, 2.24) is 20.3 Å². The van der Waals surface area contributed by atoms with Crippen molar-refractivity contribution >= 4 is 5.91 Å². The SMILES string of the molecule is CNCc1cn(CC(C)C(N)=O)nn1. The molecule has 1 amide bonds. The van der Waals surface area contributed by atoms with Crippen molar-refractivity contribution in [2.24, 2.45) is 11.7 Å². The molecule has 0 aromatic carbocycles. The predicted octanol–water partition coefficient (Wildman–Crippen LogP) is -0.881. The highest BCUT2D eigenvalue weighted by Crippen LogP contribution is 1.99. The van der Waals surface area contributed by atoms with Crippen molar-refractivity contribution in [3.05, 3.63) is 11.9 Å². The summed E-state index contributed by atoms with van der Waals surface area (Å²) in [5, 5.41) is 10.8. The molecule has 1 atom stereocenters. The summed E-state index contributed by atoms with van der Waals surface area (Å²) in [5.74, 6) is -0.546. The third-order valence-electron chi connectivity index (χ3n) is 1.89. The molecule has 1 aromatic rings. The summed E-state index contributed by atoms with van der Waals surface area (Å²) < 4.78 is 1.63. The molecular formula is C8H15N5O. The second-order valence-electron chi connectivity index (χ2n) is 3.27.